The van der Waals surface area contributed by atoms with E-state index in [2.05, 4.69) is 15.5 Å². The predicted octanol–water partition coefficient (Wildman–Crippen LogP) is 6.14. The van der Waals surface area contributed by atoms with E-state index in [0.717, 1.165) is 16.7 Å². The third-order valence-electron chi connectivity index (χ3n) is 5.92. The number of nitrogens with zero attached hydrogens (tertiary/aromatic N) is 3. The van der Waals surface area contributed by atoms with Crippen LogP contribution in [0, 0.1) is 12.7 Å². The zero-order chi connectivity index (χ0) is 26.1. The van der Waals surface area contributed by atoms with Crippen molar-refractivity contribution in [2.75, 3.05) is 12.4 Å². The largest absolute Gasteiger partial charge is 0.497 e. The molecule has 1 amide bonds. The summed E-state index contributed by atoms with van der Waals surface area (Å²) in [5.74, 6) is -0.339. The molecule has 7 nitrogen and oxygen atoms in total. The van der Waals surface area contributed by atoms with E-state index in [1.807, 2.05) is 6.07 Å². The first kappa shape index (κ1) is 24.6. The van der Waals surface area contributed by atoms with E-state index in [1.54, 1.807) is 67.1 Å². The molecule has 37 heavy (non-hydrogen) atoms. The number of carbonyl (C=O) groups is 2. The molecule has 0 atom stereocenters. The highest BCUT2D eigenvalue weighted by Gasteiger charge is 2.22. The molecule has 0 bridgehead atoms. The van der Waals surface area contributed by atoms with Gasteiger partial charge in [-0.15, -0.1) is 10.2 Å². The van der Waals surface area contributed by atoms with Crippen molar-refractivity contribution in [1.29, 1.82) is 0 Å². The normalized spacial score (nSPS) is 11.0. The highest BCUT2D eigenvalue weighted by molar-refractivity contribution is 7.18. The van der Waals surface area contributed by atoms with Crippen molar-refractivity contribution < 1.29 is 18.7 Å². The van der Waals surface area contributed by atoms with E-state index < -0.39 is 0 Å². The van der Waals surface area contributed by atoms with Gasteiger partial charge in [0, 0.05) is 27.2 Å². The number of anilines is 1. The molecule has 0 aliphatic carbocycles. The number of nitrogens with one attached hydrogen (secondary N) is 1. The molecule has 0 unspecified atom stereocenters. The van der Waals surface area contributed by atoms with E-state index in [1.165, 1.54) is 12.1 Å². The maximum atomic E-state index is 13.6. The van der Waals surface area contributed by atoms with Gasteiger partial charge in [0.2, 0.25) is 11.0 Å². The van der Waals surface area contributed by atoms with Gasteiger partial charge in [-0.05, 0) is 67.1 Å². The lowest BCUT2D eigenvalue weighted by Crippen LogP contribution is -2.16. The number of hydrogen-bond donors (Lipinski definition) is 1. The summed E-state index contributed by atoms with van der Waals surface area (Å²) in [5.41, 5.74) is 3.02. The Morgan fingerprint density at radius 1 is 1.08 bits per heavy atom. The molecular formula is C27H20ClFN4O3S. The summed E-state index contributed by atoms with van der Waals surface area (Å²) in [6.07, 6.45) is -0.00865. The fourth-order valence-electron chi connectivity index (χ4n) is 4.13. The second-order valence-electron chi connectivity index (χ2n) is 8.24. The number of rotatable bonds is 6. The number of methoxy groups -OCH3 is 1. The molecule has 5 aromatic rings. The second kappa shape index (κ2) is 10.1. The highest BCUT2D eigenvalue weighted by atomic mass is 35.5. The maximum Gasteiger partial charge on any atom is 0.262 e. The van der Waals surface area contributed by atoms with Gasteiger partial charge in [-0.1, -0.05) is 35.1 Å². The van der Waals surface area contributed by atoms with Crippen LogP contribution in [-0.4, -0.2) is 33.7 Å². The van der Waals surface area contributed by atoms with Crippen molar-refractivity contribution in [3.8, 4) is 16.3 Å². The molecule has 0 fully saturated rings. The van der Waals surface area contributed by atoms with Crippen LogP contribution in [0.1, 0.15) is 21.6 Å². The van der Waals surface area contributed by atoms with Gasteiger partial charge in [-0.3, -0.25) is 14.2 Å². The van der Waals surface area contributed by atoms with Crippen LogP contribution in [0.2, 0.25) is 5.02 Å². The molecule has 0 spiro atoms. The standard InChI is InChI=1S/C27H20ClFN4O3S/c1-15-21(14-24(34)30-27-32-31-25(37-27)17-4-3-5-19(29)12-17)22-13-20(36-2)10-11-23(22)33(15)26(35)16-6-8-18(28)9-7-16/h3-13H,14H2,1-2H3,(H,30,32,34). The molecule has 0 aliphatic heterocycles. The molecule has 0 saturated carbocycles. The molecule has 2 heterocycles. The Morgan fingerprint density at radius 2 is 1.86 bits per heavy atom. The van der Waals surface area contributed by atoms with Gasteiger partial charge in [0.15, 0.2) is 0 Å². The first-order valence-electron chi connectivity index (χ1n) is 11.2. The van der Waals surface area contributed by atoms with Crippen LogP contribution in [0.4, 0.5) is 9.52 Å². The van der Waals surface area contributed by atoms with Crippen molar-refractivity contribution >= 4 is 50.8 Å². The average Bonchev–Trinajstić information content (AvgIpc) is 3.46. The minimum atomic E-state index is -0.381. The summed E-state index contributed by atoms with van der Waals surface area (Å²) in [7, 11) is 1.56. The summed E-state index contributed by atoms with van der Waals surface area (Å²) in [5, 5.41) is 12.9. The van der Waals surface area contributed by atoms with Gasteiger partial charge < -0.3 is 10.1 Å². The minimum Gasteiger partial charge on any atom is -0.497 e. The minimum absolute atomic E-state index is 0.00865. The summed E-state index contributed by atoms with van der Waals surface area (Å²) in [6, 6.07) is 18.0. The second-order valence-corrected chi connectivity index (χ2v) is 9.66. The summed E-state index contributed by atoms with van der Waals surface area (Å²) in [4.78, 5) is 26.5. The Hall–Kier alpha value is -4.08. The van der Waals surface area contributed by atoms with Crippen LogP contribution in [-0.2, 0) is 11.2 Å². The van der Waals surface area contributed by atoms with Crippen molar-refractivity contribution in [3.05, 3.63) is 94.4 Å². The van der Waals surface area contributed by atoms with Crippen molar-refractivity contribution in [3.63, 3.8) is 0 Å². The average molecular weight is 535 g/mol. The van der Waals surface area contributed by atoms with Gasteiger partial charge in [-0.2, -0.15) is 0 Å². The molecule has 0 saturated heterocycles. The van der Waals surface area contributed by atoms with E-state index in [0.29, 0.717) is 48.8 Å². The molecule has 0 radical (unpaired) electrons. The van der Waals surface area contributed by atoms with Crippen LogP contribution < -0.4 is 10.1 Å². The fourth-order valence-corrected chi connectivity index (χ4v) is 5.01. The SMILES string of the molecule is COc1ccc2c(c1)c(CC(=O)Nc1nnc(-c3cccc(F)c3)s1)c(C)n2C(=O)c1ccc(Cl)cc1. The van der Waals surface area contributed by atoms with Crippen LogP contribution in [0.5, 0.6) is 5.75 Å². The monoisotopic (exact) mass is 534 g/mol. The Labute approximate surface area is 220 Å². The lowest BCUT2D eigenvalue weighted by molar-refractivity contribution is -0.115. The molecule has 1 N–H and O–H groups in total. The molecular weight excluding hydrogens is 515 g/mol. The van der Waals surface area contributed by atoms with E-state index in [4.69, 9.17) is 16.3 Å². The Bertz CT molecular complexity index is 1650. The molecule has 3 aromatic carbocycles. The lowest BCUT2D eigenvalue weighted by atomic mass is 10.1. The molecule has 186 valence electrons. The van der Waals surface area contributed by atoms with E-state index in [9.17, 15) is 14.0 Å². The smallest absolute Gasteiger partial charge is 0.262 e. The number of aromatic nitrogens is 3. The number of hydrogen-bond acceptors (Lipinski definition) is 6. The number of benzene rings is 3. The fraction of sp³-hybridized carbons (Fsp3) is 0.111. The molecule has 0 aliphatic rings. The van der Waals surface area contributed by atoms with Crippen molar-refractivity contribution in [2.24, 2.45) is 0 Å². The van der Waals surface area contributed by atoms with Gasteiger partial charge >= 0.3 is 0 Å². The lowest BCUT2D eigenvalue weighted by Gasteiger charge is -2.08. The van der Waals surface area contributed by atoms with Crippen LogP contribution >= 0.6 is 22.9 Å². The van der Waals surface area contributed by atoms with Crippen LogP contribution in [0.3, 0.4) is 0 Å². The zero-order valence-corrected chi connectivity index (χ0v) is 21.4. The topological polar surface area (TPSA) is 86.1 Å². The number of amides is 1. The zero-order valence-electron chi connectivity index (χ0n) is 19.8. The van der Waals surface area contributed by atoms with Gasteiger partial charge in [-0.25, -0.2) is 4.39 Å². The Balaban J connectivity index is 1.46. The summed E-state index contributed by atoms with van der Waals surface area (Å²) < 4.78 is 20.5. The maximum absolute atomic E-state index is 13.6. The first-order valence-corrected chi connectivity index (χ1v) is 12.4. The van der Waals surface area contributed by atoms with Gasteiger partial charge in [0.05, 0.1) is 19.0 Å². The Kier molecular flexibility index (Phi) is 6.73. The number of carbonyl (C=O) groups excluding carboxylic acids is 2. The third-order valence-corrected chi connectivity index (χ3v) is 7.06. The number of fused-ring (bicyclic) bond motifs is 1. The van der Waals surface area contributed by atoms with E-state index in [-0.39, 0.29) is 24.1 Å². The highest BCUT2D eigenvalue weighted by Crippen LogP contribution is 2.32. The number of halogens is 2. The molecule has 5 rings (SSSR count). The van der Waals surface area contributed by atoms with Crippen LogP contribution in [0.15, 0.2) is 66.7 Å². The van der Waals surface area contributed by atoms with E-state index >= 15 is 0 Å². The van der Waals surface area contributed by atoms with Gasteiger partial charge in [0.25, 0.3) is 5.91 Å². The number of ether oxygens (including phenoxy) is 1. The quantitative estimate of drug-likeness (QED) is 0.283. The summed E-state index contributed by atoms with van der Waals surface area (Å²) in [6.45, 7) is 1.80. The Morgan fingerprint density at radius 3 is 2.59 bits per heavy atom. The van der Waals surface area contributed by atoms with Gasteiger partial charge in [0.1, 0.15) is 16.6 Å². The van der Waals surface area contributed by atoms with Crippen molar-refractivity contribution in [2.45, 2.75) is 13.3 Å². The predicted molar refractivity (Wildman–Crippen MR) is 142 cm³/mol. The van der Waals surface area contributed by atoms with Crippen molar-refractivity contribution in [1.82, 2.24) is 14.8 Å². The summed E-state index contributed by atoms with van der Waals surface area (Å²) >= 11 is 7.14. The third kappa shape index (κ3) is 4.96. The first-order chi connectivity index (χ1) is 17.8. The van der Waals surface area contributed by atoms with Crippen LogP contribution in [0.25, 0.3) is 21.5 Å². The molecule has 10 heteroatoms. The molecule has 2 aromatic heterocycles.